The van der Waals surface area contributed by atoms with Gasteiger partial charge in [-0.25, -0.2) is 4.79 Å². The molecule has 0 bridgehead atoms. The van der Waals surface area contributed by atoms with E-state index in [1.807, 2.05) is 18.7 Å². The minimum Gasteiger partial charge on any atom is -0.333 e. The lowest BCUT2D eigenvalue weighted by atomic mass is 10.1. The molecule has 2 aliphatic heterocycles. The summed E-state index contributed by atoms with van der Waals surface area (Å²) in [6.07, 6.45) is 2.64. The lowest BCUT2D eigenvalue weighted by Gasteiger charge is -2.20. The zero-order chi connectivity index (χ0) is 13.5. The van der Waals surface area contributed by atoms with Crippen LogP contribution in [0.25, 0.3) is 0 Å². The molecule has 2 fully saturated rings. The molecule has 0 saturated carbocycles. The molecule has 0 spiro atoms. The number of likely N-dealkylation sites (tertiary alicyclic amines) is 1. The molecular weight excluding hydrogens is 226 g/mol. The highest BCUT2D eigenvalue weighted by atomic mass is 16.2. The van der Waals surface area contributed by atoms with Gasteiger partial charge in [-0.2, -0.15) is 0 Å². The molecule has 2 rings (SSSR count). The second kappa shape index (κ2) is 7.62. The first-order valence-electron chi connectivity index (χ1n) is 7.44. The van der Waals surface area contributed by atoms with Gasteiger partial charge in [0.1, 0.15) is 0 Å². The molecule has 4 nitrogen and oxygen atoms in total. The topological polar surface area (TPSA) is 35.6 Å². The molecule has 1 N–H and O–H groups in total. The summed E-state index contributed by atoms with van der Waals surface area (Å²) < 4.78 is 0. The van der Waals surface area contributed by atoms with Crippen LogP contribution in [0.3, 0.4) is 0 Å². The molecule has 1 atom stereocenters. The van der Waals surface area contributed by atoms with E-state index < -0.39 is 0 Å². The quantitative estimate of drug-likeness (QED) is 0.835. The van der Waals surface area contributed by atoms with Crippen molar-refractivity contribution >= 4 is 6.03 Å². The highest BCUT2D eigenvalue weighted by Crippen LogP contribution is 2.12. The Morgan fingerprint density at radius 2 is 1.83 bits per heavy atom. The van der Waals surface area contributed by atoms with E-state index in [0.29, 0.717) is 12.0 Å². The van der Waals surface area contributed by atoms with Gasteiger partial charge in [0.25, 0.3) is 0 Å². The van der Waals surface area contributed by atoms with Gasteiger partial charge in [0.15, 0.2) is 0 Å². The first-order chi connectivity index (χ1) is 8.66. The van der Waals surface area contributed by atoms with Gasteiger partial charge in [-0.05, 0) is 31.8 Å². The monoisotopic (exact) mass is 255 g/mol. The molecule has 2 heterocycles. The van der Waals surface area contributed by atoms with Crippen molar-refractivity contribution in [1.29, 1.82) is 0 Å². The molecule has 2 amide bonds. The Bertz CT molecular complexity index is 249. The molecule has 0 radical (unpaired) electrons. The van der Waals surface area contributed by atoms with Crippen LogP contribution < -0.4 is 5.32 Å². The summed E-state index contributed by atoms with van der Waals surface area (Å²) in [4.78, 5) is 16.1. The van der Waals surface area contributed by atoms with Crippen LogP contribution in [0.2, 0.25) is 0 Å². The largest absolute Gasteiger partial charge is 0.333 e. The minimum absolute atomic E-state index is 0.123. The molecule has 0 aliphatic carbocycles. The number of carbonyl (C=O) groups is 1. The Labute approximate surface area is 112 Å². The number of carbonyl (C=O) groups excluding carboxylic acids is 1. The molecule has 0 aromatic carbocycles. The molecule has 2 saturated heterocycles. The van der Waals surface area contributed by atoms with Crippen LogP contribution in [-0.4, -0.2) is 54.6 Å². The van der Waals surface area contributed by atoms with E-state index in [0.717, 1.165) is 19.6 Å². The van der Waals surface area contributed by atoms with Crippen molar-refractivity contribution in [1.82, 2.24) is 15.1 Å². The van der Waals surface area contributed by atoms with Crippen LogP contribution in [0.4, 0.5) is 4.79 Å². The van der Waals surface area contributed by atoms with Crippen LogP contribution in [0, 0.1) is 5.92 Å². The molecule has 106 valence electrons. The van der Waals surface area contributed by atoms with Crippen molar-refractivity contribution in [2.75, 3.05) is 32.7 Å². The SMILES string of the molecule is CC.CC(C)C1CN(CCN2CCCC2)C(=O)N1. The van der Waals surface area contributed by atoms with Crippen molar-refractivity contribution < 1.29 is 4.79 Å². The van der Waals surface area contributed by atoms with Gasteiger partial charge in [-0.3, -0.25) is 0 Å². The number of nitrogens with one attached hydrogen (secondary N) is 1. The molecular formula is C14H29N3O. The summed E-state index contributed by atoms with van der Waals surface area (Å²) in [5.74, 6) is 0.528. The summed E-state index contributed by atoms with van der Waals surface area (Å²) >= 11 is 0. The third kappa shape index (κ3) is 4.16. The van der Waals surface area contributed by atoms with E-state index >= 15 is 0 Å². The number of hydrogen-bond donors (Lipinski definition) is 1. The van der Waals surface area contributed by atoms with Crippen molar-refractivity contribution in [3.63, 3.8) is 0 Å². The maximum Gasteiger partial charge on any atom is 0.317 e. The standard InChI is InChI=1S/C12H23N3O.C2H6/c1-10(2)11-9-15(12(16)13-11)8-7-14-5-3-4-6-14;1-2/h10-11H,3-9H2,1-2H3,(H,13,16);1-2H3. The fourth-order valence-corrected chi connectivity index (χ4v) is 2.45. The fourth-order valence-electron chi connectivity index (χ4n) is 2.45. The molecule has 0 aromatic rings. The van der Waals surface area contributed by atoms with E-state index in [9.17, 15) is 4.79 Å². The average molecular weight is 255 g/mol. The maximum atomic E-state index is 11.7. The lowest BCUT2D eigenvalue weighted by Crippen LogP contribution is -2.35. The second-order valence-corrected chi connectivity index (χ2v) is 5.29. The fraction of sp³-hybridized carbons (Fsp3) is 0.929. The van der Waals surface area contributed by atoms with Crippen LogP contribution in [0.15, 0.2) is 0 Å². The van der Waals surface area contributed by atoms with Crippen LogP contribution in [-0.2, 0) is 0 Å². The van der Waals surface area contributed by atoms with Crippen molar-refractivity contribution in [2.45, 2.75) is 46.6 Å². The number of urea groups is 1. The van der Waals surface area contributed by atoms with E-state index in [1.54, 1.807) is 0 Å². The Kier molecular flexibility index (Phi) is 6.47. The van der Waals surface area contributed by atoms with E-state index in [2.05, 4.69) is 24.1 Å². The number of rotatable bonds is 4. The van der Waals surface area contributed by atoms with Gasteiger partial charge in [0.2, 0.25) is 0 Å². The third-order valence-corrected chi connectivity index (χ3v) is 3.70. The van der Waals surface area contributed by atoms with E-state index in [4.69, 9.17) is 0 Å². The third-order valence-electron chi connectivity index (χ3n) is 3.70. The normalized spacial score (nSPS) is 24.2. The maximum absolute atomic E-state index is 11.7. The van der Waals surface area contributed by atoms with Gasteiger partial charge in [-0.1, -0.05) is 27.7 Å². The van der Waals surface area contributed by atoms with Gasteiger partial charge in [-0.15, -0.1) is 0 Å². The van der Waals surface area contributed by atoms with Gasteiger partial charge in [0, 0.05) is 19.6 Å². The van der Waals surface area contributed by atoms with Crippen LogP contribution in [0.5, 0.6) is 0 Å². The number of amides is 2. The number of nitrogens with zero attached hydrogens (tertiary/aromatic N) is 2. The van der Waals surface area contributed by atoms with Gasteiger partial charge in [0.05, 0.1) is 6.04 Å². The molecule has 0 aromatic heterocycles. The first-order valence-corrected chi connectivity index (χ1v) is 7.44. The summed E-state index contributed by atoms with van der Waals surface area (Å²) in [7, 11) is 0. The van der Waals surface area contributed by atoms with Crippen molar-refractivity contribution in [3.8, 4) is 0 Å². The predicted octanol–water partition coefficient (Wildman–Crippen LogP) is 2.16. The zero-order valence-electron chi connectivity index (χ0n) is 12.4. The second-order valence-electron chi connectivity index (χ2n) is 5.29. The van der Waals surface area contributed by atoms with Crippen molar-refractivity contribution in [3.05, 3.63) is 0 Å². The average Bonchev–Trinajstić information content (AvgIpc) is 2.98. The van der Waals surface area contributed by atoms with Gasteiger partial charge < -0.3 is 15.1 Å². The Morgan fingerprint density at radius 3 is 2.33 bits per heavy atom. The Balaban J connectivity index is 0.000000771. The van der Waals surface area contributed by atoms with Gasteiger partial charge >= 0.3 is 6.03 Å². The Morgan fingerprint density at radius 1 is 1.22 bits per heavy atom. The highest BCUT2D eigenvalue weighted by molar-refractivity contribution is 5.76. The van der Waals surface area contributed by atoms with Crippen LogP contribution in [0.1, 0.15) is 40.5 Å². The summed E-state index contributed by atoms with van der Waals surface area (Å²) in [5, 5.41) is 3.05. The molecule has 18 heavy (non-hydrogen) atoms. The molecule has 1 unspecified atom stereocenters. The van der Waals surface area contributed by atoms with Crippen LogP contribution >= 0.6 is 0 Å². The zero-order valence-corrected chi connectivity index (χ0v) is 12.4. The molecule has 2 aliphatic rings. The lowest BCUT2D eigenvalue weighted by molar-refractivity contribution is 0.208. The number of hydrogen-bond acceptors (Lipinski definition) is 2. The Hall–Kier alpha value is -0.770. The smallest absolute Gasteiger partial charge is 0.317 e. The summed E-state index contributed by atoms with van der Waals surface area (Å²) in [6.45, 7) is 13.5. The van der Waals surface area contributed by atoms with Crippen molar-refractivity contribution in [2.24, 2.45) is 5.92 Å². The molecule has 4 heteroatoms. The summed E-state index contributed by atoms with van der Waals surface area (Å²) in [5.41, 5.74) is 0. The van der Waals surface area contributed by atoms with E-state index in [-0.39, 0.29) is 6.03 Å². The highest BCUT2D eigenvalue weighted by Gasteiger charge is 2.30. The first kappa shape index (κ1) is 15.3. The van der Waals surface area contributed by atoms with E-state index in [1.165, 1.54) is 25.9 Å². The predicted molar refractivity (Wildman–Crippen MR) is 75.8 cm³/mol. The minimum atomic E-state index is 0.123. The summed E-state index contributed by atoms with van der Waals surface area (Å²) in [6, 6.07) is 0.462.